The van der Waals surface area contributed by atoms with Crippen LogP contribution in [0, 0.1) is 12.8 Å². The molecule has 8 heteroatoms. The molecule has 1 aliphatic rings. The van der Waals surface area contributed by atoms with Gasteiger partial charge in [0.05, 0.1) is 23.1 Å². The van der Waals surface area contributed by atoms with Crippen molar-refractivity contribution in [1.82, 2.24) is 4.90 Å². The Hall–Kier alpha value is -2.02. The molecular formula is C20H25Cl2N3O3. The average Bonchev–Trinajstić information content (AvgIpc) is 3.07. The van der Waals surface area contributed by atoms with E-state index in [1.807, 2.05) is 6.92 Å². The van der Waals surface area contributed by atoms with Gasteiger partial charge < -0.3 is 20.4 Å². The molecule has 1 aromatic carbocycles. The number of anilines is 1. The van der Waals surface area contributed by atoms with Crippen LogP contribution in [0.1, 0.15) is 46.2 Å². The number of nitrogens with one attached hydrogen (secondary N) is 1. The maximum atomic E-state index is 13.1. The molecule has 0 saturated carbocycles. The van der Waals surface area contributed by atoms with Crippen molar-refractivity contribution in [2.45, 2.75) is 32.7 Å². The van der Waals surface area contributed by atoms with Gasteiger partial charge in [-0.05, 0) is 56.9 Å². The van der Waals surface area contributed by atoms with E-state index >= 15 is 0 Å². The minimum atomic E-state index is -0.343. The van der Waals surface area contributed by atoms with E-state index < -0.39 is 0 Å². The lowest BCUT2D eigenvalue weighted by Gasteiger charge is -2.35. The van der Waals surface area contributed by atoms with Crippen molar-refractivity contribution in [3.63, 3.8) is 0 Å². The lowest BCUT2D eigenvalue weighted by atomic mass is 9.91. The van der Waals surface area contributed by atoms with E-state index in [1.165, 1.54) is 6.26 Å². The van der Waals surface area contributed by atoms with Crippen molar-refractivity contribution in [1.29, 1.82) is 0 Å². The number of halogens is 2. The molecule has 3 N–H and O–H groups in total. The highest BCUT2D eigenvalue weighted by molar-refractivity contribution is 6.31. The summed E-state index contributed by atoms with van der Waals surface area (Å²) in [5, 5.41) is 3.24. The van der Waals surface area contributed by atoms with Crippen molar-refractivity contribution in [2.75, 3.05) is 18.4 Å². The van der Waals surface area contributed by atoms with Gasteiger partial charge in [-0.1, -0.05) is 11.6 Å². The summed E-state index contributed by atoms with van der Waals surface area (Å²) >= 11 is 6.10. The molecule has 0 aliphatic carbocycles. The Balaban J connectivity index is 0.00000280. The van der Waals surface area contributed by atoms with Gasteiger partial charge in [-0.2, -0.15) is 0 Å². The number of carbonyl (C=O) groups excluding carboxylic acids is 2. The lowest BCUT2D eigenvalue weighted by molar-refractivity contribution is 0.0662. The van der Waals surface area contributed by atoms with Crippen LogP contribution in [-0.4, -0.2) is 35.8 Å². The number of furan rings is 1. The maximum Gasteiger partial charge on any atom is 0.259 e. The number of rotatable bonds is 4. The SMILES string of the molecule is Cc1occc1C(=O)Nc1cc(Cl)ccc1C(=O)N1CCCC(C(C)N)C1.Cl. The summed E-state index contributed by atoms with van der Waals surface area (Å²) in [6.45, 7) is 4.98. The number of benzene rings is 1. The summed E-state index contributed by atoms with van der Waals surface area (Å²) in [6, 6.07) is 6.52. The molecule has 6 nitrogen and oxygen atoms in total. The molecule has 1 aromatic heterocycles. The van der Waals surface area contributed by atoms with Gasteiger partial charge in [0.25, 0.3) is 11.8 Å². The Morgan fingerprint density at radius 2 is 2.07 bits per heavy atom. The van der Waals surface area contributed by atoms with Crippen LogP contribution in [0.5, 0.6) is 0 Å². The Bertz CT molecular complexity index is 851. The first-order chi connectivity index (χ1) is 12.9. The Morgan fingerprint density at radius 3 is 2.71 bits per heavy atom. The number of amides is 2. The van der Waals surface area contributed by atoms with Crippen LogP contribution in [0.3, 0.4) is 0 Å². The van der Waals surface area contributed by atoms with Crippen molar-refractivity contribution in [3.8, 4) is 0 Å². The lowest BCUT2D eigenvalue weighted by Crippen LogP contribution is -2.45. The van der Waals surface area contributed by atoms with E-state index in [4.69, 9.17) is 21.8 Å². The number of piperidine rings is 1. The molecule has 28 heavy (non-hydrogen) atoms. The molecule has 2 amide bonds. The van der Waals surface area contributed by atoms with E-state index in [2.05, 4.69) is 5.32 Å². The van der Waals surface area contributed by atoms with Gasteiger partial charge in [-0.3, -0.25) is 9.59 Å². The number of likely N-dealkylation sites (tertiary alicyclic amines) is 1. The van der Waals surface area contributed by atoms with Crippen LogP contribution in [0.4, 0.5) is 5.69 Å². The number of hydrogen-bond donors (Lipinski definition) is 2. The van der Waals surface area contributed by atoms with Crippen LogP contribution < -0.4 is 11.1 Å². The first-order valence-corrected chi connectivity index (χ1v) is 9.44. The molecule has 1 aliphatic heterocycles. The maximum absolute atomic E-state index is 13.1. The van der Waals surface area contributed by atoms with E-state index in [0.29, 0.717) is 40.7 Å². The van der Waals surface area contributed by atoms with Crippen LogP contribution in [0.2, 0.25) is 5.02 Å². The van der Waals surface area contributed by atoms with Crippen molar-refractivity contribution < 1.29 is 14.0 Å². The second-order valence-corrected chi connectivity index (χ2v) is 7.48. The zero-order valence-corrected chi connectivity index (χ0v) is 17.5. The van der Waals surface area contributed by atoms with Gasteiger partial charge in [-0.15, -0.1) is 12.4 Å². The molecule has 2 unspecified atom stereocenters. The molecule has 1 saturated heterocycles. The van der Waals surface area contributed by atoms with E-state index in [1.54, 1.807) is 36.1 Å². The van der Waals surface area contributed by atoms with E-state index in [9.17, 15) is 9.59 Å². The highest BCUT2D eigenvalue weighted by Gasteiger charge is 2.28. The molecular weight excluding hydrogens is 401 g/mol. The summed E-state index contributed by atoms with van der Waals surface area (Å²) in [5.41, 5.74) is 7.26. The largest absolute Gasteiger partial charge is 0.469 e. The highest BCUT2D eigenvalue weighted by Crippen LogP contribution is 2.26. The van der Waals surface area contributed by atoms with E-state index in [0.717, 1.165) is 12.8 Å². The molecule has 0 radical (unpaired) electrons. The van der Waals surface area contributed by atoms with Crippen molar-refractivity contribution >= 4 is 41.5 Å². The van der Waals surface area contributed by atoms with Gasteiger partial charge in [0.15, 0.2) is 0 Å². The summed E-state index contributed by atoms with van der Waals surface area (Å²) in [4.78, 5) is 27.5. The second-order valence-electron chi connectivity index (χ2n) is 7.05. The average molecular weight is 426 g/mol. The Labute approximate surface area is 175 Å². The molecule has 0 bridgehead atoms. The molecule has 2 heterocycles. The molecule has 2 atom stereocenters. The molecule has 3 rings (SSSR count). The molecule has 0 spiro atoms. The smallest absolute Gasteiger partial charge is 0.259 e. The number of aryl methyl sites for hydroxylation is 1. The first kappa shape index (κ1) is 22.3. The normalized spacial score (nSPS) is 17.6. The van der Waals surface area contributed by atoms with Gasteiger partial charge >= 0.3 is 0 Å². The fraction of sp³-hybridized carbons (Fsp3) is 0.400. The van der Waals surface area contributed by atoms with Gasteiger partial charge in [0, 0.05) is 24.2 Å². The molecule has 1 fully saturated rings. The summed E-state index contributed by atoms with van der Waals surface area (Å²) < 4.78 is 5.18. The number of nitrogens with zero attached hydrogens (tertiary/aromatic N) is 1. The first-order valence-electron chi connectivity index (χ1n) is 9.06. The fourth-order valence-electron chi connectivity index (χ4n) is 3.41. The third-order valence-corrected chi connectivity index (χ3v) is 5.29. The third-order valence-electron chi connectivity index (χ3n) is 5.05. The summed E-state index contributed by atoms with van der Waals surface area (Å²) in [6.07, 6.45) is 3.39. The van der Waals surface area contributed by atoms with Crippen molar-refractivity contribution in [2.24, 2.45) is 11.7 Å². The van der Waals surface area contributed by atoms with Gasteiger partial charge in [0.1, 0.15) is 5.76 Å². The monoisotopic (exact) mass is 425 g/mol. The number of hydrogen-bond acceptors (Lipinski definition) is 4. The highest BCUT2D eigenvalue weighted by atomic mass is 35.5. The van der Waals surface area contributed by atoms with Gasteiger partial charge in [0.2, 0.25) is 0 Å². The quantitative estimate of drug-likeness (QED) is 0.770. The summed E-state index contributed by atoms with van der Waals surface area (Å²) in [7, 11) is 0. The Kier molecular flexibility index (Phi) is 7.52. The number of nitrogens with two attached hydrogens (primary N) is 1. The van der Waals surface area contributed by atoms with E-state index in [-0.39, 0.29) is 36.2 Å². The Morgan fingerprint density at radius 1 is 1.32 bits per heavy atom. The zero-order chi connectivity index (χ0) is 19.6. The second kappa shape index (κ2) is 9.45. The van der Waals surface area contributed by atoms with Crippen LogP contribution in [0.15, 0.2) is 34.9 Å². The molecule has 2 aromatic rings. The van der Waals surface area contributed by atoms with Crippen LogP contribution in [-0.2, 0) is 0 Å². The standard InChI is InChI=1S/C20H24ClN3O3.ClH/c1-12(22)14-4-3-8-24(11-14)20(26)17-6-5-15(21)10-18(17)23-19(25)16-7-9-27-13(16)2;/h5-7,9-10,12,14H,3-4,8,11,22H2,1-2H3,(H,23,25);1H. The third kappa shape index (κ3) is 4.87. The minimum Gasteiger partial charge on any atom is -0.469 e. The van der Waals surface area contributed by atoms with Crippen LogP contribution in [0.25, 0.3) is 0 Å². The zero-order valence-electron chi connectivity index (χ0n) is 15.9. The molecule has 152 valence electrons. The topological polar surface area (TPSA) is 88.6 Å². The number of carbonyl (C=O) groups is 2. The predicted molar refractivity (Wildman–Crippen MR) is 112 cm³/mol. The minimum absolute atomic E-state index is 0. The summed E-state index contributed by atoms with van der Waals surface area (Å²) in [5.74, 6) is 0.320. The predicted octanol–water partition coefficient (Wildman–Crippen LogP) is 4.11. The van der Waals surface area contributed by atoms with Crippen molar-refractivity contribution in [3.05, 3.63) is 52.4 Å². The van der Waals surface area contributed by atoms with Crippen LogP contribution >= 0.6 is 24.0 Å². The fourth-order valence-corrected chi connectivity index (χ4v) is 3.58. The van der Waals surface area contributed by atoms with Gasteiger partial charge in [-0.25, -0.2) is 0 Å².